The van der Waals surface area contributed by atoms with Gasteiger partial charge >= 0.3 is 0 Å². The number of ether oxygens (including phenoxy) is 1. The van der Waals surface area contributed by atoms with Gasteiger partial charge in [-0.1, -0.05) is 18.5 Å². The largest absolute Gasteiger partial charge is 0.495 e. The summed E-state index contributed by atoms with van der Waals surface area (Å²) in [7, 11) is 1.56. The van der Waals surface area contributed by atoms with Gasteiger partial charge in [0.15, 0.2) is 11.6 Å². The molecule has 27 heavy (non-hydrogen) atoms. The molecule has 0 aliphatic carbocycles. The Morgan fingerprint density at radius 1 is 1.15 bits per heavy atom. The fraction of sp³-hybridized carbons (Fsp3) is 0.211. The molecule has 1 atom stereocenters. The van der Waals surface area contributed by atoms with E-state index in [0.717, 1.165) is 5.56 Å². The Balaban J connectivity index is 1.79. The molecular weight excluding hydrogens is 366 g/mol. The number of anilines is 1. The maximum Gasteiger partial charge on any atom is 0.260 e. The third-order valence-electron chi connectivity index (χ3n) is 4.48. The van der Waals surface area contributed by atoms with Crippen LogP contribution in [0.2, 0.25) is 5.02 Å². The Morgan fingerprint density at radius 3 is 2.59 bits per heavy atom. The molecule has 2 aromatic heterocycles. The van der Waals surface area contributed by atoms with Crippen LogP contribution in [0.4, 0.5) is 5.82 Å². The molecule has 1 aliphatic heterocycles. The molecular formula is C19H16ClN5O2. The van der Waals surface area contributed by atoms with Crippen LogP contribution in [0, 0.1) is 0 Å². The van der Waals surface area contributed by atoms with Crippen molar-refractivity contribution >= 4 is 23.3 Å². The lowest BCUT2D eigenvalue weighted by molar-refractivity contribution is 0.0990. The van der Waals surface area contributed by atoms with E-state index in [1.165, 1.54) is 0 Å². The maximum absolute atomic E-state index is 13.1. The van der Waals surface area contributed by atoms with Crippen LogP contribution in [-0.2, 0) is 0 Å². The number of carbonyl (C=O) groups is 1. The minimum absolute atomic E-state index is 0.153. The second-order valence-corrected chi connectivity index (χ2v) is 6.39. The van der Waals surface area contributed by atoms with Crippen molar-refractivity contribution in [2.45, 2.75) is 19.4 Å². The van der Waals surface area contributed by atoms with E-state index in [0.29, 0.717) is 40.2 Å². The van der Waals surface area contributed by atoms with Crippen molar-refractivity contribution in [3.05, 3.63) is 59.0 Å². The first-order chi connectivity index (χ1) is 13.1. The summed E-state index contributed by atoms with van der Waals surface area (Å²) in [6, 6.07) is 6.74. The molecule has 8 heteroatoms. The van der Waals surface area contributed by atoms with Crippen molar-refractivity contribution in [1.82, 2.24) is 19.9 Å². The predicted molar refractivity (Wildman–Crippen MR) is 101 cm³/mol. The standard InChI is InChI=1S/C19H16ClN5O2/c1-3-14-11-10-15(27-2)13(20)9-12(11)19(26)25(14)16-5-8-23-18(24-16)17-21-6-4-7-22-17/h4-10,14H,3H2,1-2H3/t14-/m0/s1. The highest BCUT2D eigenvalue weighted by molar-refractivity contribution is 6.32. The molecule has 136 valence electrons. The number of fused-ring (bicyclic) bond motifs is 1. The molecule has 1 aromatic carbocycles. The third-order valence-corrected chi connectivity index (χ3v) is 4.78. The first-order valence-electron chi connectivity index (χ1n) is 8.45. The molecule has 7 nitrogen and oxygen atoms in total. The van der Waals surface area contributed by atoms with Gasteiger partial charge in [-0.05, 0) is 36.2 Å². The number of rotatable bonds is 4. The van der Waals surface area contributed by atoms with Gasteiger partial charge in [-0.3, -0.25) is 9.69 Å². The highest BCUT2D eigenvalue weighted by Crippen LogP contribution is 2.42. The highest BCUT2D eigenvalue weighted by Gasteiger charge is 2.38. The summed E-state index contributed by atoms with van der Waals surface area (Å²) < 4.78 is 5.31. The molecule has 3 aromatic rings. The average molecular weight is 382 g/mol. The number of halogens is 1. The van der Waals surface area contributed by atoms with Gasteiger partial charge in [0.1, 0.15) is 11.6 Å². The zero-order valence-electron chi connectivity index (χ0n) is 14.8. The van der Waals surface area contributed by atoms with Gasteiger partial charge in [-0.15, -0.1) is 0 Å². The fourth-order valence-electron chi connectivity index (χ4n) is 3.27. The fourth-order valence-corrected chi connectivity index (χ4v) is 3.51. The summed E-state index contributed by atoms with van der Waals surface area (Å²) in [5.74, 6) is 1.66. The third kappa shape index (κ3) is 2.90. The molecule has 0 saturated heterocycles. The number of hydrogen-bond acceptors (Lipinski definition) is 6. The number of carbonyl (C=O) groups excluding carboxylic acids is 1. The van der Waals surface area contributed by atoms with Gasteiger partial charge in [0.25, 0.3) is 5.91 Å². The van der Waals surface area contributed by atoms with Crippen molar-refractivity contribution < 1.29 is 9.53 Å². The smallest absolute Gasteiger partial charge is 0.260 e. The summed E-state index contributed by atoms with van der Waals surface area (Å²) in [6.45, 7) is 2.02. The van der Waals surface area contributed by atoms with Crippen LogP contribution in [-0.4, -0.2) is 33.0 Å². The molecule has 1 aliphatic rings. The molecule has 0 fully saturated rings. The Morgan fingerprint density at radius 2 is 1.89 bits per heavy atom. The lowest BCUT2D eigenvalue weighted by Crippen LogP contribution is -2.28. The van der Waals surface area contributed by atoms with Gasteiger partial charge in [0.2, 0.25) is 0 Å². The van der Waals surface area contributed by atoms with Crippen LogP contribution in [0.1, 0.15) is 35.3 Å². The maximum atomic E-state index is 13.1. The highest BCUT2D eigenvalue weighted by atomic mass is 35.5. The van der Waals surface area contributed by atoms with Crippen LogP contribution in [0.3, 0.4) is 0 Å². The molecule has 0 N–H and O–H groups in total. The van der Waals surface area contributed by atoms with Crippen LogP contribution < -0.4 is 9.64 Å². The Bertz CT molecular complexity index is 1010. The van der Waals surface area contributed by atoms with E-state index < -0.39 is 0 Å². The number of nitrogens with zero attached hydrogens (tertiary/aromatic N) is 5. The van der Waals surface area contributed by atoms with Crippen molar-refractivity contribution in [2.75, 3.05) is 12.0 Å². The molecule has 4 rings (SSSR count). The second kappa shape index (κ2) is 6.92. The zero-order chi connectivity index (χ0) is 19.0. The van der Waals surface area contributed by atoms with Crippen LogP contribution in [0.5, 0.6) is 5.75 Å². The molecule has 1 amide bonds. The van der Waals surface area contributed by atoms with Gasteiger partial charge < -0.3 is 4.74 Å². The van der Waals surface area contributed by atoms with E-state index >= 15 is 0 Å². The van der Waals surface area contributed by atoms with E-state index in [9.17, 15) is 4.79 Å². The topological polar surface area (TPSA) is 81.1 Å². The molecule has 0 saturated carbocycles. The molecule has 0 radical (unpaired) electrons. The normalized spacial score (nSPS) is 15.7. The van der Waals surface area contributed by atoms with E-state index in [1.807, 2.05) is 13.0 Å². The minimum atomic E-state index is -0.168. The molecule has 0 unspecified atom stereocenters. The van der Waals surface area contributed by atoms with Gasteiger partial charge in [0.05, 0.1) is 18.2 Å². The number of methoxy groups -OCH3 is 1. The van der Waals surface area contributed by atoms with Gasteiger partial charge in [0, 0.05) is 24.2 Å². The molecule has 0 spiro atoms. The van der Waals surface area contributed by atoms with E-state index in [1.54, 1.807) is 48.8 Å². The summed E-state index contributed by atoms with van der Waals surface area (Å²) in [5, 5.41) is 0.405. The molecule has 0 bridgehead atoms. The summed E-state index contributed by atoms with van der Waals surface area (Å²) in [6.07, 6.45) is 5.56. The van der Waals surface area contributed by atoms with Gasteiger partial charge in [-0.2, -0.15) is 0 Å². The Kier molecular flexibility index (Phi) is 4.45. The first kappa shape index (κ1) is 17.4. The van der Waals surface area contributed by atoms with Crippen molar-refractivity contribution in [2.24, 2.45) is 0 Å². The predicted octanol–water partition coefficient (Wildman–Crippen LogP) is 3.71. The number of hydrogen-bond donors (Lipinski definition) is 0. The molecule has 3 heterocycles. The SMILES string of the molecule is CC[C@H]1c2cc(OC)c(Cl)cc2C(=O)N1c1ccnc(-c2ncccn2)n1. The summed E-state index contributed by atoms with van der Waals surface area (Å²) >= 11 is 6.23. The first-order valence-corrected chi connectivity index (χ1v) is 8.83. The number of benzene rings is 1. The van der Waals surface area contributed by atoms with E-state index in [4.69, 9.17) is 16.3 Å². The van der Waals surface area contributed by atoms with Crippen molar-refractivity contribution in [3.63, 3.8) is 0 Å². The van der Waals surface area contributed by atoms with Gasteiger partial charge in [-0.25, -0.2) is 19.9 Å². The van der Waals surface area contributed by atoms with Crippen LogP contribution >= 0.6 is 11.6 Å². The number of aromatic nitrogens is 4. The lowest BCUT2D eigenvalue weighted by Gasteiger charge is -2.23. The van der Waals surface area contributed by atoms with E-state index in [-0.39, 0.29) is 11.9 Å². The second-order valence-electron chi connectivity index (χ2n) is 5.98. The zero-order valence-corrected chi connectivity index (χ0v) is 15.5. The monoisotopic (exact) mass is 381 g/mol. The van der Waals surface area contributed by atoms with Crippen LogP contribution in [0.15, 0.2) is 42.9 Å². The quantitative estimate of drug-likeness (QED) is 0.685. The summed E-state index contributed by atoms with van der Waals surface area (Å²) in [5.41, 5.74) is 1.43. The van der Waals surface area contributed by atoms with Crippen LogP contribution in [0.25, 0.3) is 11.6 Å². The average Bonchev–Trinajstić information content (AvgIpc) is 2.99. The summed E-state index contributed by atoms with van der Waals surface area (Å²) in [4.78, 5) is 31.9. The minimum Gasteiger partial charge on any atom is -0.495 e. The van der Waals surface area contributed by atoms with Crippen molar-refractivity contribution in [3.8, 4) is 17.4 Å². The van der Waals surface area contributed by atoms with E-state index in [2.05, 4.69) is 19.9 Å². The lowest BCUT2D eigenvalue weighted by atomic mass is 10.0. The van der Waals surface area contributed by atoms with Crippen molar-refractivity contribution in [1.29, 1.82) is 0 Å². The Hall–Kier alpha value is -3.06. The number of amides is 1. The Labute approximate surface area is 161 Å².